The highest BCUT2D eigenvalue weighted by atomic mass is 32.2. The molecule has 0 aliphatic carbocycles. The largest absolute Gasteiger partial charge is 0.497 e. The molecule has 0 spiro atoms. The van der Waals surface area contributed by atoms with Crippen LogP contribution in [0.15, 0.2) is 53.4 Å². The van der Waals surface area contributed by atoms with Gasteiger partial charge in [0.05, 0.1) is 25.7 Å². The van der Waals surface area contributed by atoms with Gasteiger partial charge in [-0.1, -0.05) is 36.1 Å². The second-order valence-electron chi connectivity index (χ2n) is 7.49. The first-order valence-corrected chi connectivity index (χ1v) is 11.9. The third-order valence-corrected chi connectivity index (χ3v) is 6.79. The van der Waals surface area contributed by atoms with E-state index in [0.717, 1.165) is 30.0 Å². The summed E-state index contributed by atoms with van der Waals surface area (Å²) in [6.07, 6.45) is 2.39. The number of sulfonamides is 1. The minimum Gasteiger partial charge on any atom is -0.497 e. The van der Waals surface area contributed by atoms with Crippen LogP contribution in [0.25, 0.3) is 11.1 Å². The zero-order valence-electron chi connectivity index (χ0n) is 18.3. The molecule has 0 amide bonds. The Kier molecular flexibility index (Phi) is 8.28. The molecule has 7 nitrogen and oxygen atoms in total. The molecule has 1 unspecified atom stereocenters. The van der Waals surface area contributed by atoms with Crippen LogP contribution in [0.2, 0.25) is 0 Å². The average Bonchev–Trinajstić information content (AvgIpc) is 3.34. The predicted molar refractivity (Wildman–Crippen MR) is 123 cm³/mol. The van der Waals surface area contributed by atoms with Gasteiger partial charge in [-0.2, -0.15) is 4.72 Å². The Morgan fingerprint density at radius 1 is 1.00 bits per heavy atom. The molecule has 0 radical (unpaired) electrons. The van der Waals surface area contributed by atoms with E-state index in [1.54, 1.807) is 19.2 Å². The molecule has 1 fully saturated rings. The topological polar surface area (TPSA) is 84.9 Å². The number of hydrogen-bond donors (Lipinski definition) is 1. The van der Waals surface area contributed by atoms with Gasteiger partial charge in [0.1, 0.15) is 11.8 Å². The summed E-state index contributed by atoms with van der Waals surface area (Å²) >= 11 is 0. The number of hydrogen-bond acceptors (Lipinski definition) is 6. The number of carbonyl (C=O) groups excluding carboxylic acids is 1. The van der Waals surface area contributed by atoms with Crippen LogP contribution in [0.3, 0.4) is 0 Å². The molecule has 1 aliphatic heterocycles. The lowest BCUT2D eigenvalue weighted by Gasteiger charge is -2.15. The Morgan fingerprint density at radius 3 is 2.16 bits per heavy atom. The second kappa shape index (κ2) is 11.1. The standard InChI is InChI=1S/C24H28N2O5S/c1-30-21-12-8-19(9-13-21)20-10-14-22(15-11-20)32(28,29)25-23(24(27)31-2)7-3-4-16-26-17-5-6-18-26/h8-15,23,25H,5-7,16-18H2,1-2H3. The molecule has 2 aromatic rings. The molecule has 1 saturated heterocycles. The SMILES string of the molecule is COC(=O)C(CC#CCN1CCCC1)NS(=O)(=O)c1ccc(-c2ccc(OC)cc2)cc1. The van der Waals surface area contributed by atoms with E-state index in [4.69, 9.17) is 9.47 Å². The highest BCUT2D eigenvalue weighted by Gasteiger charge is 2.26. The molecule has 8 heteroatoms. The van der Waals surface area contributed by atoms with E-state index < -0.39 is 22.0 Å². The molecule has 1 atom stereocenters. The summed E-state index contributed by atoms with van der Waals surface area (Å²) < 4.78 is 38.0. The van der Waals surface area contributed by atoms with Crippen molar-refractivity contribution in [3.05, 3.63) is 48.5 Å². The molecule has 170 valence electrons. The number of ether oxygens (including phenoxy) is 2. The fraction of sp³-hybridized carbons (Fsp3) is 0.375. The van der Waals surface area contributed by atoms with Crippen molar-refractivity contribution in [1.29, 1.82) is 0 Å². The number of carbonyl (C=O) groups is 1. The van der Waals surface area contributed by atoms with Crippen LogP contribution in [0.1, 0.15) is 19.3 Å². The number of nitrogens with zero attached hydrogens (tertiary/aromatic N) is 1. The minimum absolute atomic E-state index is 0.0453. The Balaban J connectivity index is 1.68. The number of nitrogens with one attached hydrogen (secondary N) is 1. The predicted octanol–water partition coefficient (Wildman–Crippen LogP) is 2.67. The number of rotatable bonds is 8. The molecule has 0 saturated carbocycles. The summed E-state index contributed by atoms with van der Waals surface area (Å²) in [5.74, 6) is 6.01. The Labute approximate surface area is 189 Å². The van der Waals surface area contributed by atoms with E-state index in [1.165, 1.54) is 32.1 Å². The number of esters is 1. The molecule has 0 bridgehead atoms. The summed E-state index contributed by atoms with van der Waals surface area (Å²) in [7, 11) is -1.10. The van der Waals surface area contributed by atoms with Gasteiger partial charge >= 0.3 is 5.97 Å². The average molecular weight is 457 g/mol. The molecule has 3 rings (SSSR count). The number of methoxy groups -OCH3 is 2. The quantitative estimate of drug-likeness (QED) is 0.486. The van der Waals surface area contributed by atoms with E-state index in [0.29, 0.717) is 6.54 Å². The van der Waals surface area contributed by atoms with E-state index in [2.05, 4.69) is 21.5 Å². The number of likely N-dealkylation sites (tertiary alicyclic amines) is 1. The second-order valence-corrected chi connectivity index (χ2v) is 9.20. The van der Waals surface area contributed by atoms with Gasteiger partial charge in [0.15, 0.2) is 0 Å². The van der Waals surface area contributed by atoms with Crippen LogP contribution in [0.5, 0.6) is 5.75 Å². The van der Waals surface area contributed by atoms with Crippen molar-refractivity contribution in [2.24, 2.45) is 0 Å². The van der Waals surface area contributed by atoms with Gasteiger partial charge in [-0.05, 0) is 61.3 Å². The molecule has 2 aromatic carbocycles. The Hall–Kier alpha value is -2.86. The van der Waals surface area contributed by atoms with Gasteiger partial charge in [0.25, 0.3) is 0 Å². The van der Waals surface area contributed by atoms with Crippen LogP contribution >= 0.6 is 0 Å². The van der Waals surface area contributed by atoms with Gasteiger partial charge in [-0.15, -0.1) is 0 Å². The molecule has 1 N–H and O–H groups in total. The smallest absolute Gasteiger partial charge is 0.324 e. The normalized spacial score (nSPS) is 14.9. The van der Waals surface area contributed by atoms with E-state index in [9.17, 15) is 13.2 Å². The van der Waals surface area contributed by atoms with Crippen molar-refractivity contribution in [3.8, 4) is 28.7 Å². The molecule has 1 aliphatic rings. The zero-order chi connectivity index (χ0) is 23.0. The van der Waals surface area contributed by atoms with E-state index in [1.807, 2.05) is 24.3 Å². The van der Waals surface area contributed by atoms with Gasteiger partial charge in [0, 0.05) is 6.42 Å². The van der Waals surface area contributed by atoms with Gasteiger partial charge in [0.2, 0.25) is 10.0 Å². The summed E-state index contributed by atoms with van der Waals surface area (Å²) in [5, 5.41) is 0. The van der Waals surface area contributed by atoms with E-state index >= 15 is 0 Å². The summed E-state index contributed by atoms with van der Waals surface area (Å²) in [6, 6.07) is 12.9. The fourth-order valence-corrected chi connectivity index (χ4v) is 4.65. The van der Waals surface area contributed by atoms with Crippen LogP contribution in [-0.4, -0.2) is 59.2 Å². The van der Waals surface area contributed by atoms with Gasteiger partial charge < -0.3 is 9.47 Å². The van der Waals surface area contributed by atoms with Gasteiger partial charge in [-0.25, -0.2) is 8.42 Å². The lowest BCUT2D eigenvalue weighted by molar-refractivity contribution is -0.142. The van der Waals surface area contributed by atoms with Crippen LogP contribution in [0, 0.1) is 11.8 Å². The summed E-state index contributed by atoms with van der Waals surface area (Å²) in [5.41, 5.74) is 1.80. The summed E-state index contributed by atoms with van der Waals surface area (Å²) in [6.45, 7) is 2.66. The van der Waals surface area contributed by atoms with Gasteiger partial charge in [-0.3, -0.25) is 9.69 Å². The third kappa shape index (κ3) is 6.33. The van der Waals surface area contributed by atoms with Crippen molar-refractivity contribution in [1.82, 2.24) is 9.62 Å². The van der Waals surface area contributed by atoms with Crippen LogP contribution in [0.4, 0.5) is 0 Å². The zero-order valence-corrected chi connectivity index (χ0v) is 19.2. The molecule has 32 heavy (non-hydrogen) atoms. The molecule has 1 heterocycles. The molecule has 0 aromatic heterocycles. The number of benzene rings is 2. The highest BCUT2D eigenvalue weighted by Crippen LogP contribution is 2.24. The van der Waals surface area contributed by atoms with Crippen molar-refractivity contribution in [3.63, 3.8) is 0 Å². The van der Waals surface area contributed by atoms with Crippen LogP contribution < -0.4 is 9.46 Å². The highest BCUT2D eigenvalue weighted by molar-refractivity contribution is 7.89. The third-order valence-electron chi connectivity index (χ3n) is 5.30. The minimum atomic E-state index is -3.93. The van der Waals surface area contributed by atoms with Crippen molar-refractivity contribution >= 4 is 16.0 Å². The van der Waals surface area contributed by atoms with E-state index in [-0.39, 0.29) is 11.3 Å². The lowest BCUT2D eigenvalue weighted by Crippen LogP contribution is -2.41. The van der Waals surface area contributed by atoms with Crippen molar-refractivity contribution < 1.29 is 22.7 Å². The molecular weight excluding hydrogens is 428 g/mol. The summed E-state index contributed by atoms with van der Waals surface area (Å²) in [4.78, 5) is 14.4. The Bertz CT molecular complexity index is 1060. The first kappa shape index (κ1) is 23.8. The maximum atomic E-state index is 12.8. The van der Waals surface area contributed by atoms with Crippen LogP contribution in [-0.2, 0) is 19.6 Å². The monoisotopic (exact) mass is 456 g/mol. The van der Waals surface area contributed by atoms with Crippen molar-refractivity contribution in [2.75, 3.05) is 33.9 Å². The fourth-order valence-electron chi connectivity index (χ4n) is 3.46. The Morgan fingerprint density at radius 2 is 1.59 bits per heavy atom. The first-order valence-electron chi connectivity index (χ1n) is 10.5. The maximum absolute atomic E-state index is 12.8. The first-order chi connectivity index (χ1) is 15.4. The van der Waals surface area contributed by atoms with Crippen molar-refractivity contribution in [2.45, 2.75) is 30.2 Å². The molecular formula is C24H28N2O5S. The lowest BCUT2D eigenvalue weighted by atomic mass is 10.1. The maximum Gasteiger partial charge on any atom is 0.324 e.